The molecule has 40 heavy (non-hydrogen) atoms. The summed E-state index contributed by atoms with van der Waals surface area (Å²) in [6, 6.07) is 17.0. The first-order chi connectivity index (χ1) is 19.2. The van der Waals surface area contributed by atoms with Gasteiger partial charge in [-0.2, -0.15) is 0 Å². The van der Waals surface area contributed by atoms with Crippen molar-refractivity contribution in [3.8, 4) is 0 Å². The summed E-state index contributed by atoms with van der Waals surface area (Å²) in [5, 5.41) is 17.6. The van der Waals surface area contributed by atoms with Crippen LogP contribution >= 0.6 is 0 Å². The lowest BCUT2D eigenvalue weighted by molar-refractivity contribution is -0.143. The number of hydrogen-bond donors (Lipinski definition) is 3. The third-order valence-electron chi connectivity index (χ3n) is 8.64. The van der Waals surface area contributed by atoms with Gasteiger partial charge >= 0.3 is 0 Å². The first-order valence-corrected chi connectivity index (χ1v) is 14.7. The fourth-order valence-electron chi connectivity index (χ4n) is 6.20. The molecule has 218 valence electrons. The molecule has 8 heteroatoms. The van der Waals surface area contributed by atoms with Crippen molar-refractivity contribution in [3.63, 3.8) is 0 Å². The number of aliphatic hydroxyl groups excluding tert-OH is 1. The number of carbonyl (C=O) groups is 2. The third kappa shape index (κ3) is 6.90. The van der Waals surface area contributed by atoms with Crippen molar-refractivity contribution >= 4 is 11.8 Å². The zero-order valence-electron chi connectivity index (χ0n) is 24.1. The summed E-state index contributed by atoms with van der Waals surface area (Å²) in [4.78, 5) is 30.6. The van der Waals surface area contributed by atoms with Crippen molar-refractivity contribution in [2.45, 2.75) is 82.6 Å². The van der Waals surface area contributed by atoms with Gasteiger partial charge in [-0.15, -0.1) is 0 Å². The molecule has 2 aliphatic rings. The molecule has 2 fully saturated rings. The van der Waals surface area contributed by atoms with E-state index in [-0.39, 0.29) is 18.4 Å². The third-order valence-corrected chi connectivity index (χ3v) is 8.64. The van der Waals surface area contributed by atoms with Crippen molar-refractivity contribution in [2.24, 2.45) is 0 Å². The van der Waals surface area contributed by atoms with Crippen LogP contribution in [0.2, 0.25) is 0 Å². The summed E-state index contributed by atoms with van der Waals surface area (Å²) in [6.07, 6.45) is 1.81. The summed E-state index contributed by atoms with van der Waals surface area (Å²) in [7, 11) is 0. The monoisotopic (exact) mass is 552 g/mol. The zero-order valence-corrected chi connectivity index (χ0v) is 24.1. The Morgan fingerprint density at radius 2 is 1.80 bits per heavy atom. The van der Waals surface area contributed by atoms with Gasteiger partial charge in [0.2, 0.25) is 11.8 Å². The quantitative estimate of drug-likeness (QED) is 0.355. The number of nitrogens with zero attached hydrogens (tertiary/aromatic N) is 2. The van der Waals surface area contributed by atoms with Gasteiger partial charge in [-0.05, 0) is 61.8 Å². The molecule has 0 aliphatic carbocycles. The summed E-state index contributed by atoms with van der Waals surface area (Å²) in [6.45, 7) is 7.94. The largest absolute Gasteiger partial charge is 0.390 e. The molecule has 2 saturated heterocycles. The van der Waals surface area contributed by atoms with Crippen LogP contribution in [0.25, 0.3) is 0 Å². The number of amides is 2. The van der Waals surface area contributed by atoms with Gasteiger partial charge in [0.05, 0.1) is 12.1 Å². The van der Waals surface area contributed by atoms with E-state index in [9.17, 15) is 19.1 Å². The molecule has 2 aliphatic heterocycles. The summed E-state index contributed by atoms with van der Waals surface area (Å²) >= 11 is 0. The van der Waals surface area contributed by atoms with E-state index in [2.05, 4.69) is 48.7 Å². The molecule has 1 unspecified atom stereocenters. The Kier molecular flexibility index (Phi) is 10.3. The van der Waals surface area contributed by atoms with E-state index in [1.807, 2.05) is 35.2 Å². The van der Waals surface area contributed by atoms with Gasteiger partial charge in [-0.3, -0.25) is 14.5 Å². The van der Waals surface area contributed by atoms with E-state index in [4.69, 9.17) is 0 Å². The SMILES string of the molecule is CC(C)c1cccc(CNC[C@@H](O)[C@H](Cc2ccccc2)NC(=O)C(C)N2CC[C@@]3(CCCN3CCF)C2=O)c1. The van der Waals surface area contributed by atoms with Gasteiger partial charge in [0.15, 0.2) is 0 Å². The molecular weight excluding hydrogens is 507 g/mol. The van der Waals surface area contributed by atoms with E-state index in [1.165, 1.54) is 5.56 Å². The lowest BCUT2D eigenvalue weighted by Gasteiger charge is -2.34. The number of aliphatic hydroxyl groups is 1. The molecule has 0 saturated carbocycles. The Morgan fingerprint density at radius 3 is 2.52 bits per heavy atom. The highest BCUT2D eigenvalue weighted by atomic mass is 19.1. The number of carbonyl (C=O) groups excluding carboxylic acids is 2. The normalized spacial score (nSPS) is 21.8. The average Bonchev–Trinajstić information content (AvgIpc) is 3.51. The Morgan fingerprint density at radius 1 is 1.05 bits per heavy atom. The Hall–Kier alpha value is -2.81. The van der Waals surface area contributed by atoms with Gasteiger partial charge in [0.25, 0.3) is 0 Å². The second-order valence-electron chi connectivity index (χ2n) is 11.6. The molecule has 0 radical (unpaired) electrons. The van der Waals surface area contributed by atoms with Crippen LogP contribution in [-0.2, 0) is 22.6 Å². The van der Waals surface area contributed by atoms with Crippen LogP contribution in [0.4, 0.5) is 4.39 Å². The molecule has 2 amide bonds. The molecule has 2 aromatic carbocycles. The number of rotatable bonds is 13. The highest BCUT2D eigenvalue weighted by molar-refractivity contribution is 5.94. The molecule has 2 heterocycles. The van der Waals surface area contributed by atoms with Crippen molar-refractivity contribution in [1.82, 2.24) is 20.4 Å². The van der Waals surface area contributed by atoms with Gasteiger partial charge in [-0.1, -0.05) is 68.4 Å². The maximum atomic E-state index is 13.5. The van der Waals surface area contributed by atoms with Crippen LogP contribution in [0, 0.1) is 0 Å². The number of halogens is 1. The Balaban J connectivity index is 1.40. The van der Waals surface area contributed by atoms with E-state index in [0.717, 1.165) is 17.5 Å². The minimum atomic E-state index is -0.833. The molecule has 4 rings (SSSR count). The van der Waals surface area contributed by atoms with Crippen molar-refractivity contribution in [3.05, 3.63) is 71.3 Å². The van der Waals surface area contributed by atoms with Crippen LogP contribution in [0.3, 0.4) is 0 Å². The number of nitrogens with one attached hydrogen (secondary N) is 2. The minimum absolute atomic E-state index is 0.0773. The standard InChI is InChI=1S/C32H45FN4O3/c1-23(2)27-12-7-11-26(19-27)21-34-22-29(38)28(20-25-9-5-4-6-10-25)35-30(39)24(3)37-17-14-32(31(37)40)13-8-16-36(32)18-15-33/h4-7,9-12,19,23-24,28-29,34,38H,8,13-18,20-22H2,1-3H3,(H,35,39)/t24?,28-,29+,32-/m0/s1. The van der Waals surface area contributed by atoms with Gasteiger partial charge in [0, 0.05) is 26.2 Å². The molecule has 0 bridgehead atoms. The average molecular weight is 553 g/mol. The molecule has 4 atom stereocenters. The van der Waals surface area contributed by atoms with Crippen LogP contribution in [-0.4, -0.2) is 83.3 Å². The van der Waals surface area contributed by atoms with Gasteiger partial charge in [-0.25, -0.2) is 4.39 Å². The highest BCUT2D eigenvalue weighted by Gasteiger charge is 2.54. The Bertz CT molecular complexity index is 1130. The number of likely N-dealkylation sites (tertiary alicyclic amines) is 2. The van der Waals surface area contributed by atoms with Crippen molar-refractivity contribution < 1.29 is 19.1 Å². The molecule has 7 nitrogen and oxygen atoms in total. The smallest absolute Gasteiger partial charge is 0.243 e. The topological polar surface area (TPSA) is 84.9 Å². The van der Waals surface area contributed by atoms with Crippen molar-refractivity contribution in [2.75, 3.05) is 32.9 Å². The maximum absolute atomic E-state index is 13.5. The number of alkyl halides is 1. The van der Waals surface area contributed by atoms with E-state index >= 15 is 0 Å². The van der Waals surface area contributed by atoms with Crippen LogP contribution in [0.1, 0.15) is 62.6 Å². The fourth-order valence-corrected chi connectivity index (χ4v) is 6.20. The van der Waals surface area contributed by atoms with E-state index < -0.39 is 30.4 Å². The van der Waals surface area contributed by atoms with Crippen LogP contribution in [0.15, 0.2) is 54.6 Å². The van der Waals surface area contributed by atoms with Crippen LogP contribution < -0.4 is 10.6 Å². The van der Waals surface area contributed by atoms with Gasteiger partial charge < -0.3 is 20.6 Å². The minimum Gasteiger partial charge on any atom is -0.390 e. The first kappa shape index (κ1) is 30.2. The molecule has 3 N–H and O–H groups in total. The van der Waals surface area contributed by atoms with E-state index in [0.29, 0.717) is 51.4 Å². The van der Waals surface area contributed by atoms with Crippen LogP contribution in [0.5, 0.6) is 0 Å². The Labute approximate surface area is 238 Å². The second kappa shape index (κ2) is 13.7. The highest BCUT2D eigenvalue weighted by Crippen LogP contribution is 2.39. The maximum Gasteiger partial charge on any atom is 0.243 e. The summed E-state index contributed by atoms with van der Waals surface area (Å²) in [5.74, 6) is 0.0763. The zero-order chi connectivity index (χ0) is 28.7. The second-order valence-corrected chi connectivity index (χ2v) is 11.6. The number of hydrogen-bond acceptors (Lipinski definition) is 5. The molecule has 2 aromatic rings. The van der Waals surface area contributed by atoms with Gasteiger partial charge in [0.1, 0.15) is 18.3 Å². The fraction of sp³-hybridized carbons (Fsp3) is 0.562. The molecular formula is C32H45FN4O3. The lowest BCUT2D eigenvalue weighted by Crippen LogP contribution is -2.57. The predicted octanol–water partition coefficient (Wildman–Crippen LogP) is 3.41. The lowest BCUT2D eigenvalue weighted by atomic mass is 9.94. The summed E-state index contributed by atoms with van der Waals surface area (Å²) < 4.78 is 13.2. The van der Waals surface area contributed by atoms with E-state index in [1.54, 1.807) is 11.8 Å². The first-order valence-electron chi connectivity index (χ1n) is 14.7. The number of benzene rings is 2. The molecule has 0 aromatic heterocycles. The summed E-state index contributed by atoms with van der Waals surface area (Å²) in [5.41, 5.74) is 2.74. The molecule has 1 spiro atoms. The van der Waals surface area contributed by atoms with Crippen molar-refractivity contribution in [1.29, 1.82) is 0 Å². The predicted molar refractivity (Wildman–Crippen MR) is 156 cm³/mol.